The highest BCUT2D eigenvalue weighted by Crippen LogP contribution is 2.20. The second kappa shape index (κ2) is 9.27. The summed E-state index contributed by atoms with van der Waals surface area (Å²) in [5.41, 5.74) is -0.0239. The summed E-state index contributed by atoms with van der Waals surface area (Å²) in [5.74, 6) is -1.78. The second-order valence-corrected chi connectivity index (χ2v) is 9.94. The second-order valence-electron chi connectivity index (χ2n) is 7.68. The average Bonchev–Trinajstić information content (AvgIpc) is 2.54. The van der Waals surface area contributed by atoms with E-state index in [1.807, 2.05) is 0 Å². The van der Waals surface area contributed by atoms with Crippen LogP contribution in [-0.4, -0.2) is 57.6 Å². The van der Waals surface area contributed by atoms with Crippen molar-refractivity contribution in [2.24, 2.45) is 10.4 Å². The molecule has 2 amide bonds. The van der Waals surface area contributed by atoms with Crippen molar-refractivity contribution in [3.05, 3.63) is 35.1 Å². The van der Waals surface area contributed by atoms with Crippen molar-refractivity contribution in [1.82, 2.24) is 10.6 Å². The molecular formula is C19H28FN3O4S. The molecular weight excluding hydrogens is 385 g/mol. The number of sulfone groups is 1. The quantitative estimate of drug-likeness (QED) is 0.656. The van der Waals surface area contributed by atoms with Gasteiger partial charge in [0.2, 0.25) is 5.91 Å². The molecule has 156 valence electrons. The Hall–Kier alpha value is -2.29. The first-order valence-corrected chi connectivity index (χ1v) is 10.8. The van der Waals surface area contributed by atoms with Crippen LogP contribution in [0.5, 0.6) is 0 Å². The molecule has 0 radical (unpaired) electrons. The van der Waals surface area contributed by atoms with Crippen LogP contribution in [0.4, 0.5) is 4.39 Å². The summed E-state index contributed by atoms with van der Waals surface area (Å²) in [6, 6.07) is 3.41. The number of nitrogens with one attached hydrogen (secondary N) is 2. The first kappa shape index (κ1) is 23.7. The molecule has 1 aromatic rings. The zero-order valence-electron chi connectivity index (χ0n) is 17.1. The van der Waals surface area contributed by atoms with Gasteiger partial charge in [-0.15, -0.1) is 0 Å². The molecule has 0 fully saturated rings. The number of aliphatic imine (C=N–C) groups is 1. The van der Waals surface area contributed by atoms with E-state index < -0.39 is 38.9 Å². The molecule has 1 atom stereocenters. The normalized spacial score (nSPS) is 13.8. The minimum Gasteiger partial charge on any atom is -0.353 e. The molecule has 0 spiro atoms. The predicted molar refractivity (Wildman–Crippen MR) is 108 cm³/mol. The van der Waals surface area contributed by atoms with Gasteiger partial charge < -0.3 is 10.6 Å². The lowest BCUT2D eigenvalue weighted by molar-refractivity contribution is -0.129. The van der Waals surface area contributed by atoms with E-state index in [4.69, 9.17) is 0 Å². The van der Waals surface area contributed by atoms with Crippen LogP contribution < -0.4 is 10.6 Å². The van der Waals surface area contributed by atoms with E-state index in [0.717, 1.165) is 6.26 Å². The molecule has 0 aliphatic heterocycles. The number of nitrogens with zero attached hydrogens (tertiary/aromatic N) is 1. The summed E-state index contributed by atoms with van der Waals surface area (Å²) in [4.78, 5) is 29.3. The molecule has 0 bridgehead atoms. The molecule has 2 N–H and O–H groups in total. The molecule has 1 rings (SSSR count). The third-order valence-corrected chi connectivity index (χ3v) is 5.08. The number of benzene rings is 1. The van der Waals surface area contributed by atoms with Gasteiger partial charge in [0.15, 0.2) is 0 Å². The van der Waals surface area contributed by atoms with Crippen LogP contribution in [0.1, 0.15) is 31.9 Å². The van der Waals surface area contributed by atoms with Gasteiger partial charge in [0.05, 0.1) is 5.75 Å². The van der Waals surface area contributed by atoms with Crippen LogP contribution in [0, 0.1) is 18.2 Å². The van der Waals surface area contributed by atoms with Crippen LogP contribution in [0.15, 0.2) is 23.2 Å². The fourth-order valence-corrected chi connectivity index (χ4v) is 3.02. The lowest BCUT2D eigenvalue weighted by atomic mass is 9.85. The molecule has 0 heterocycles. The van der Waals surface area contributed by atoms with Crippen LogP contribution in [0.2, 0.25) is 0 Å². The lowest BCUT2D eigenvalue weighted by Crippen LogP contribution is -2.55. The van der Waals surface area contributed by atoms with Gasteiger partial charge in [-0.1, -0.05) is 32.9 Å². The van der Waals surface area contributed by atoms with Gasteiger partial charge in [-0.05, 0) is 24.0 Å². The smallest absolute Gasteiger partial charge is 0.270 e. The number of hydrogen-bond acceptors (Lipinski definition) is 5. The van der Waals surface area contributed by atoms with Gasteiger partial charge in [-0.25, -0.2) is 12.8 Å². The van der Waals surface area contributed by atoms with Crippen molar-refractivity contribution in [2.75, 3.05) is 25.6 Å². The summed E-state index contributed by atoms with van der Waals surface area (Å²) in [5, 5.41) is 5.18. The third-order valence-electron chi connectivity index (χ3n) is 4.14. The fraction of sp³-hybridized carbons (Fsp3) is 0.526. The maximum absolute atomic E-state index is 13.9. The fourth-order valence-electron chi connectivity index (χ4n) is 2.54. The Labute approximate surface area is 165 Å². The summed E-state index contributed by atoms with van der Waals surface area (Å²) in [6.45, 7) is 6.79. The van der Waals surface area contributed by atoms with Crippen molar-refractivity contribution in [1.29, 1.82) is 0 Å². The van der Waals surface area contributed by atoms with Crippen molar-refractivity contribution >= 4 is 27.4 Å². The Balaban J connectivity index is 3.04. The molecule has 28 heavy (non-hydrogen) atoms. The van der Waals surface area contributed by atoms with Crippen LogP contribution >= 0.6 is 0 Å². The van der Waals surface area contributed by atoms with Crippen LogP contribution in [-0.2, 0) is 19.4 Å². The number of hydrogen-bond donors (Lipinski definition) is 2. The van der Waals surface area contributed by atoms with E-state index in [1.54, 1.807) is 33.8 Å². The largest absolute Gasteiger partial charge is 0.353 e. The number of carbonyl (C=O) groups excluding carboxylic acids is 2. The van der Waals surface area contributed by atoms with Gasteiger partial charge in [-0.3, -0.25) is 14.6 Å². The maximum Gasteiger partial charge on any atom is 0.270 e. The minimum atomic E-state index is -3.22. The Morgan fingerprint density at radius 2 is 1.86 bits per heavy atom. The Morgan fingerprint density at radius 3 is 2.36 bits per heavy atom. The summed E-state index contributed by atoms with van der Waals surface area (Å²) < 4.78 is 36.3. The molecule has 0 aromatic heterocycles. The molecule has 1 aromatic carbocycles. The molecule has 7 nitrogen and oxygen atoms in total. The third kappa shape index (κ3) is 6.70. The van der Waals surface area contributed by atoms with E-state index in [-0.39, 0.29) is 23.6 Å². The van der Waals surface area contributed by atoms with Gasteiger partial charge >= 0.3 is 0 Å². The Bertz CT molecular complexity index is 874. The van der Waals surface area contributed by atoms with E-state index >= 15 is 0 Å². The highest BCUT2D eigenvalue weighted by Gasteiger charge is 2.34. The van der Waals surface area contributed by atoms with E-state index in [1.165, 1.54) is 19.2 Å². The first-order chi connectivity index (χ1) is 12.8. The van der Waals surface area contributed by atoms with Gasteiger partial charge in [-0.2, -0.15) is 0 Å². The summed E-state index contributed by atoms with van der Waals surface area (Å²) in [6.07, 6.45) is 1.08. The standard InChI is InChI=1S/C19H28FN3O4S/c1-12-13(8-7-9-14(12)20)15(21-5)17(24)23-16(19(2,3)4)18(25)22-10-11-28(6,26)27/h7-9,16H,10-11H2,1-6H3,(H,22,25)(H,23,24). The van der Waals surface area contributed by atoms with Crippen molar-refractivity contribution < 1.29 is 22.4 Å². The average molecular weight is 414 g/mol. The molecule has 9 heteroatoms. The zero-order chi connectivity index (χ0) is 21.7. The van der Waals surface area contributed by atoms with Crippen LogP contribution in [0.25, 0.3) is 0 Å². The first-order valence-electron chi connectivity index (χ1n) is 8.76. The van der Waals surface area contributed by atoms with Gasteiger partial charge in [0, 0.05) is 25.4 Å². The van der Waals surface area contributed by atoms with E-state index in [9.17, 15) is 22.4 Å². The SMILES string of the molecule is CN=C(C(=O)NC(C(=O)NCCS(C)(=O)=O)C(C)(C)C)c1cccc(F)c1C. The Kier molecular flexibility index (Phi) is 7.86. The van der Waals surface area contributed by atoms with Crippen molar-refractivity contribution in [2.45, 2.75) is 33.7 Å². The van der Waals surface area contributed by atoms with Gasteiger partial charge in [0.25, 0.3) is 5.91 Å². The molecule has 0 saturated heterocycles. The highest BCUT2D eigenvalue weighted by molar-refractivity contribution is 7.90. The monoisotopic (exact) mass is 413 g/mol. The number of carbonyl (C=O) groups is 2. The van der Waals surface area contributed by atoms with Crippen molar-refractivity contribution in [3.8, 4) is 0 Å². The molecule has 1 unspecified atom stereocenters. The molecule has 0 aliphatic carbocycles. The Morgan fingerprint density at radius 1 is 1.25 bits per heavy atom. The number of halogens is 1. The topological polar surface area (TPSA) is 105 Å². The van der Waals surface area contributed by atoms with E-state index in [2.05, 4.69) is 15.6 Å². The predicted octanol–water partition coefficient (Wildman–Crippen LogP) is 1.24. The molecule has 0 aliphatic rings. The zero-order valence-corrected chi connectivity index (χ0v) is 17.9. The highest BCUT2D eigenvalue weighted by atomic mass is 32.2. The molecule has 0 saturated carbocycles. The summed E-state index contributed by atoms with van der Waals surface area (Å²) >= 11 is 0. The maximum atomic E-state index is 13.9. The van der Waals surface area contributed by atoms with Crippen molar-refractivity contribution in [3.63, 3.8) is 0 Å². The number of rotatable bonds is 7. The lowest BCUT2D eigenvalue weighted by Gasteiger charge is -2.30. The van der Waals surface area contributed by atoms with Crippen LogP contribution in [0.3, 0.4) is 0 Å². The van der Waals surface area contributed by atoms with E-state index in [0.29, 0.717) is 5.56 Å². The minimum absolute atomic E-state index is 0.00943. The summed E-state index contributed by atoms with van der Waals surface area (Å²) in [7, 11) is -1.81. The number of amides is 2. The van der Waals surface area contributed by atoms with Gasteiger partial charge in [0.1, 0.15) is 27.4 Å².